The fourth-order valence-corrected chi connectivity index (χ4v) is 2.22. The van der Waals surface area contributed by atoms with Gasteiger partial charge in [0.05, 0.1) is 0 Å². The third kappa shape index (κ3) is 9.00. The van der Waals surface area contributed by atoms with Crippen LogP contribution in [0.3, 0.4) is 0 Å². The summed E-state index contributed by atoms with van der Waals surface area (Å²) in [7, 11) is 4.08. The molecule has 0 aliphatic heterocycles. The highest BCUT2D eigenvalue weighted by molar-refractivity contribution is 5.76. The molecule has 1 amide bonds. The molecule has 0 aromatic carbocycles. The maximum Gasteiger partial charge on any atom is 0.220 e. The fraction of sp³-hybridized carbons (Fsp3) is 0.933. The number of amides is 1. The lowest BCUT2D eigenvalue weighted by molar-refractivity contribution is -0.122. The van der Waals surface area contributed by atoms with E-state index in [1.165, 1.54) is 0 Å². The average molecular weight is 271 g/mol. The van der Waals surface area contributed by atoms with E-state index < -0.39 is 0 Å². The number of hydrogen-bond acceptors (Lipinski definition) is 3. The van der Waals surface area contributed by atoms with Crippen molar-refractivity contribution in [3.05, 3.63) is 0 Å². The van der Waals surface area contributed by atoms with Crippen LogP contribution in [0.25, 0.3) is 0 Å². The Hall–Kier alpha value is -0.610. The lowest BCUT2D eigenvalue weighted by Gasteiger charge is -2.26. The van der Waals surface area contributed by atoms with Crippen LogP contribution in [0, 0.1) is 11.8 Å². The monoisotopic (exact) mass is 271 g/mol. The summed E-state index contributed by atoms with van der Waals surface area (Å²) in [5.74, 6) is 1.22. The lowest BCUT2D eigenvalue weighted by atomic mass is 9.96. The zero-order valence-corrected chi connectivity index (χ0v) is 13.4. The van der Waals surface area contributed by atoms with E-state index in [9.17, 15) is 4.79 Å². The number of nitrogens with zero attached hydrogens (tertiary/aromatic N) is 1. The standard InChI is InChI=1S/C15H33N3O/c1-6-13(9-10-16)7-8-15(19)17-14(12(2)3)11-18(4)5/h12-14H,6-11,16H2,1-5H3,(H,17,19). The Balaban J connectivity index is 4.11. The van der Waals surface area contributed by atoms with Crippen LogP contribution in [-0.4, -0.2) is 44.0 Å². The predicted molar refractivity (Wildman–Crippen MR) is 82.0 cm³/mol. The third-order valence-electron chi connectivity index (χ3n) is 3.64. The lowest BCUT2D eigenvalue weighted by Crippen LogP contribution is -2.45. The van der Waals surface area contributed by atoms with Gasteiger partial charge >= 0.3 is 0 Å². The Labute approximate surface area is 119 Å². The van der Waals surface area contributed by atoms with E-state index >= 15 is 0 Å². The first-order valence-electron chi connectivity index (χ1n) is 7.54. The maximum absolute atomic E-state index is 12.0. The molecule has 0 heterocycles. The second-order valence-corrected chi connectivity index (χ2v) is 6.07. The van der Waals surface area contributed by atoms with Crippen molar-refractivity contribution in [2.24, 2.45) is 17.6 Å². The van der Waals surface area contributed by atoms with Gasteiger partial charge in [-0.1, -0.05) is 27.2 Å². The van der Waals surface area contributed by atoms with Crippen molar-refractivity contribution < 1.29 is 4.79 Å². The van der Waals surface area contributed by atoms with Crippen molar-refractivity contribution >= 4 is 5.91 Å². The van der Waals surface area contributed by atoms with E-state index in [1.54, 1.807) is 0 Å². The van der Waals surface area contributed by atoms with Crippen LogP contribution in [0.4, 0.5) is 0 Å². The summed E-state index contributed by atoms with van der Waals surface area (Å²) in [6.07, 6.45) is 3.70. The van der Waals surface area contributed by atoms with Gasteiger partial charge in [0, 0.05) is 19.0 Å². The SMILES string of the molecule is CCC(CCN)CCC(=O)NC(CN(C)C)C(C)C. The van der Waals surface area contributed by atoms with Crippen LogP contribution in [0.1, 0.15) is 46.5 Å². The second-order valence-electron chi connectivity index (χ2n) is 6.07. The Morgan fingerprint density at radius 1 is 1.26 bits per heavy atom. The van der Waals surface area contributed by atoms with Crippen molar-refractivity contribution in [2.75, 3.05) is 27.2 Å². The van der Waals surface area contributed by atoms with Gasteiger partial charge in [-0.2, -0.15) is 0 Å². The Morgan fingerprint density at radius 2 is 1.89 bits per heavy atom. The van der Waals surface area contributed by atoms with E-state index in [1.807, 2.05) is 14.1 Å². The van der Waals surface area contributed by atoms with Gasteiger partial charge in [0.1, 0.15) is 0 Å². The van der Waals surface area contributed by atoms with Crippen LogP contribution < -0.4 is 11.1 Å². The van der Waals surface area contributed by atoms with E-state index in [4.69, 9.17) is 5.73 Å². The van der Waals surface area contributed by atoms with Crippen LogP contribution >= 0.6 is 0 Å². The Kier molecular flexibility index (Phi) is 9.88. The molecule has 0 aliphatic carbocycles. The van der Waals surface area contributed by atoms with E-state index in [0.29, 0.717) is 18.3 Å². The molecule has 0 saturated carbocycles. The summed E-state index contributed by atoms with van der Waals surface area (Å²) < 4.78 is 0. The minimum Gasteiger partial charge on any atom is -0.352 e. The normalized spacial score (nSPS) is 14.7. The molecule has 0 aromatic rings. The number of carbonyl (C=O) groups is 1. The zero-order chi connectivity index (χ0) is 14.8. The average Bonchev–Trinajstić information content (AvgIpc) is 2.32. The molecule has 0 bridgehead atoms. The van der Waals surface area contributed by atoms with Gasteiger partial charge in [-0.3, -0.25) is 4.79 Å². The highest BCUT2D eigenvalue weighted by Gasteiger charge is 2.17. The molecule has 2 unspecified atom stereocenters. The fourth-order valence-electron chi connectivity index (χ4n) is 2.22. The highest BCUT2D eigenvalue weighted by atomic mass is 16.1. The van der Waals surface area contributed by atoms with Crippen LogP contribution in [0.5, 0.6) is 0 Å². The molecule has 0 aromatic heterocycles. The molecule has 4 nitrogen and oxygen atoms in total. The number of carbonyl (C=O) groups excluding carboxylic acids is 1. The molecule has 2 atom stereocenters. The summed E-state index contributed by atoms with van der Waals surface area (Å²) in [6, 6.07) is 0.233. The Bertz CT molecular complexity index is 242. The summed E-state index contributed by atoms with van der Waals surface area (Å²) >= 11 is 0. The van der Waals surface area contributed by atoms with Crippen molar-refractivity contribution in [3.8, 4) is 0 Å². The molecule has 4 heteroatoms. The van der Waals surface area contributed by atoms with Crippen LogP contribution in [0.15, 0.2) is 0 Å². The molecule has 3 N–H and O–H groups in total. The van der Waals surface area contributed by atoms with Gasteiger partial charge in [-0.25, -0.2) is 0 Å². The van der Waals surface area contributed by atoms with Gasteiger partial charge < -0.3 is 16.0 Å². The first-order valence-corrected chi connectivity index (χ1v) is 7.54. The maximum atomic E-state index is 12.0. The quantitative estimate of drug-likeness (QED) is 0.637. The number of rotatable bonds is 10. The largest absolute Gasteiger partial charge is 0.352 e. The van der Waals surface area contributed by atoms with Crippen molar-refractivity contribution in [3.63, 3.8) is 0 Å². The van der Waals surface area contributed by atoms with E-state index in [0.717, 1.165) is 32.4 Å². The molecule has 114 valence electrons. The first kappa shape index (κ1) is 18.4. The van der Waals surface area contributed by atoms with Crippen molar-refractivity contribution in [2.45, 2.75) is 52.5 Å². The minimum absolute atomic E-state index is 0.177. The minimum atomic E-state index is 0.177. The number of hydrogen-bond donors (Lipinski definition) is 2. The van der Waals surface area contributed by atoms with Crippen LogP contribution in [-0.2, 0) is 4.79 Å². The summed E-state index contributed by atoms with van der Waals surface area (Å²) in [5.41, 5.74) is 5.58. The molecular weight excluding hydrogens is 238 g/mol. The van der Waals surface area contributed by atoms with Gasteiger partial charge in [0.15, 0.2) is 0 Å². The molecule has 0 saturated heterocycles. The van der Waals surface area contributed by atoms with Gasteiger partial charge in [0.25, 0.3) is 0 Å². The molecule has 0 rings (SSSR count). The molecule has 0 spiro atoms. The van der Waals surface area contributed by atoms with Crippen molar-refractivity contribution in [1.29, 1.82) is 0 Å². The second kappa shape index (κ2) is 10.2. The zero-order valence-electron chi connectivity index (χ0n) is 13.4. The van der Waals surface area contributed by atoms with E-state index in [-0.39, 0.29) is 11.9 Å². The predicted octanol–water partition coefficient (Wildman–Crippen LogP) is 1.84. The summed E-state index contributed by atoms with van der Waals surface area (Å²) in [6.45, 7) is 8.08. The summed E-state index contributed by atoms with van der Waals surface area (Å²) in [4.78, 5) is 14.1. The van der Waals surface area contributed by atoms with Crippen molar-refractivity contribution in [1.82, 2.24) is 10.2 Å². The first-order chi connectivity index (χ1) is 8.90. The van der Waals surface area contributed by atoms with Crippen LogP contribution in [0.2, 0.25) is 0 Å². The number of nitrogens with one attached hydrogen (secondary N) is 1. The topological polar surface area (TPSA) is 58.4 Å². The Morgan fingerprint density at radius 3 is 2.32 bits per heavy atom. The summed E-state index contributed by atoms with van der Waals surface area (Å²) in [5, 5.41) is 3.16. The molecule has 0 fully saturated rings. The highest BCUT2D eigenvalue weighted by Crippen LogP contribution is 2.14. The van der Waals surface area contributed by atoms with Gasteiger partial charge in [-0.15, -0.1) is 0 Å². The van der Waals surface area contributed by atoms with Gasteiger partial charge in [0.2, 0.25) is 5.91 Å². The van der Waals surface area contributed by atoms with Gasteiger partial charge in [-0.05, 0) is 45.3 Å². The van der Waals surface area contributed by atoms with E-state index in [2.05, 4.69) is 31.0 Å². The molecule has 0 radical (unpaired) electrons. The molecule has 0 aliphatic rings. The molecular formula is C15H33N3O. The smallest absolute Gasteiger partial charge is 0.220 e. The third-order valence-corrected chi connectivity index (χ3v) is 3.64. The molecule has 19 heavy (non-hydrogen) atoms. The number of nitrogens with two attached hydrogens (primary N) is 1. The number of likely N-dealkylation sites (N-methyl/N-ethyl adjacent to an activating group) is 1.